The molecule has 2 unspecified atom stereocenters. The summed E-state index contributed by atoms with van der Waals surface area (Å²) in [5.41, 5.74) is 0.713. The largest absolute Gasteiger partial charge is 0.444 e. The number of aliphatic hydroxyl groups is 1. The van der Waals surface area contributed by atoms with Crippen LogP contribution in [0.15, 0.2) is 30.3 Å². The van der Waals surface area contributed by atoms with Gasteiger partial charge >= 0.3 is 6.09 Å². The maximum Gasteiger partial charge on any atom is 0.408 e. The second kappa shape index (κ2) is 7.79. The number of carbonyl (C=O) groups excluding carboxylic acids is 1. The van der Waals surface area contributed by atoms with Gasteiger partial charge in [-0.1, -0.05) is 30.3 Å². The maximum absolute atomic E-state index is 12.1. The van der Waals surface area contributed by atoms with Gasteiger partial charge in [0.05, 0.1) is 6.17 Å². The zero-order chi connectivity index (χ0) is 16.9. The number of nitrogens with one attached hydrogen (secondary N) is 1. The number of benzene rings is 1. The Balaban J connectivity index is 1.99. The van der Waals surface area contributed by atoms with Gasteiger partial charge in [0.1, 0.15) is 5.60 Å². The van der Waals surface area contributed by atoms with Crippen LogP contribution in [0.3, 0.4) is 0 Å². The van der Waals surface area contributed by atoms with Crippen molar-refractivity contribution in [2.24, 2.45) is 5.92 Å². The van der Waals surface area contributed by atoms with E-state index in [1.54, 1.807) is 0 Å². The van der Waals surface area contributed by atoms with Gasteiger partial charge in [0.2, 0.25) is 0 Å². The number of hydrogen-bond donors (Lipinski definition) is 2. The van der Waals surface area contributed by atoms with Gasteiger partial charge in [0.15, 0.2) is 0 Å². The second-order valence-electron chi connectivity index (χ2n) is 7.19. The normalized spacial score (nSPS) is 22.1. The molecule has 0 aromatic heterocycles. The molecule has 1 heterocycles. The average molecular weight is 320 g/mol. The quantitative estimate of drug-likeness (QED) is 0.876. The van der Waals surface area contributed by atoms with Crippen LogP contribution < -0.4 is 5.32 Å². The molecule has 128 valence electrons. The van der Waals surface area contributed by atoms with Crippen LogP contribution >= 0.6 is 0 Å². The van der Waals surface area contributed by atoms with E-state index >= 15 is 0 Å². The van der Waals surface area contributed by atoms with Crippen LogP contribution in [0.4, 0.5) is 4.79 Å². The summed E-state index contributed by atoms with van der Waals surface area (Å²) in [5.74, 6) is 0.392. The molecule has 2 N–H and O–H groups in total. The Hall–Kier alpha value is -1.59. The van der Waals surface area contributed by atoms with Gasteiger partial charge in [-0.2, -0.15) is 0 Å². The van der Waals surface area contributed by atoms with Crippen molar-refractivity contribution in [2.75, 3.05) is 13.2 Å². The summed E-state index contributed by atoms with van der Waals surface area (Å²) < 4.78 is 5.37. The molecule has 1 saturated heterocycles. The number of carbonyl (C=O) groups is 1. The Morgan fingerprint density at radius 2 is 2.04 bits per heavy atom. The van der Waals surface area contributed by atoms with Crippen molar-refractivity contribution in [3.63, 3.8) is 0 Å². The maximum atomic E-state index is 12.1. The van der Waals surface area contributed by atoms with Crippen LogP contribution in [0, 0.1) is 5.92 Å². The fourth-order valence-electron chi connectivity index (χ4n) is 2.98. The number of likely N-dealkylation sites (tertiary alicyclic amines) is 1. The third kappa shape index (κ3) is 5.84. The van der Waals surface area contributed by atoms with Crippen molar-refractivity contribution in [1.29, 1.82) is 0 Å². The van der Waals surface area contributed by atoms with Gasteiger partial charge < -0.3 is 15.2 Å². The lowest BCUT2D eigenvalue weighted by molar-refractivity contribution is 0.0444. The van der Waals surface area contributed by atoms with E-state index in [0.29, 0.717) is 5.92 Å². The number of alkyl carbamates (subject to hydrolysis) is 1. The minimum atomic E-state index is -0.503. The third-order valence-corrected chi connectivity index (χ3v) is 3.94. The van der Waals surface area contributed by atoms with E-state index in [1.807, 2.05) is 39.0 Å². The molecule has 23 heavy (non-hydrogen) atoms. The molecule has 1 aliphatic rings. The van der Waals surface area contributed by atoms with Crippen LogP contribution in [-0.4, -0.2) is 41.0 Å². The highest BCUT2D eigenvalue weighted by atomic mass is 16.6. The second-order valence-corrected chi connectivity index (χ2v) is 7.19. The number of hydrogen-bond acceptors (Lipinski definition) is 4. The lowest BCUT2D eigenvalue weighted by atomic mass is 10.1. The van der Waals surface area contributed by atoms with E-state index in [2.05, 4.69) is 22.3 Å². The van der Waals surface area contributed by atoms with Crippen molar-refractivity contribution in [3.05, 3.63) is 35.9 Å². The number of amides is 1. The van der Waals surface area contributed by atoms with Crippen molar-refractivity contribution < 1.29 is 14.6 Å². The summed E-state index contributed by atoms with van der Waals surface area (Å²) in [6.45, 7) is 7.41. The first kappa shape index (κ1) is 17.8. The molecule has 0 radical (unpaired) electrons. The zero-order valence-electron chi connectivity index (χ0n) is 14.3. The summed E-state index contributed by atoms with van der Waals surface area (Å²) in [5, 5.41) is 12.2. The highest BCUT2D eigenvalue weighted by molar-refractivity contribution is 5.68. The molecule has 1 aromatic rings. The van der Waals surface area contributed by atoms with E-state index < -0.39 is 5.60 Å². The van der Waals surface area contributed by atoms with Gasteiger partial charge in [0.25, 0.3) is 0 Å². The smallest absolute Gasteiger partial charge is 0.408 e. The number of aliphatic hydroxyl groups excluding tert-OH is 1. The lowest BCUT2D eigenvalue weighted by Gasteiger charge is -2.27. The van der Waals surface area contributed by atoms with Gasteiger partial charge in [-0.25, -0.2) is 4.79 Å². The molecule has 0 bridgehead atoms. The summed E-state index contributed by atoms with van der Waals surface area (Å²) >= 11 is 0. The third-order valence-electron chi connectivity index (χ3n) is 3.94. The van der Waals surface area contributed by atoms with E-state index in [1.165, 1.54) is 5.56 Å². The first-order valence-corrected chi connectivity index (χ1v) is 8.26. The van der Waals surface area contributed by atoms with E-state index in [0.717, 1.165) is 25.9 Å². The van der Waals surface area contributed by atoms with Gasteiger partial charge in [-0.05, 0) is 45.1 Å². The van der Waals surface area contributed by atoms with Gasteiger partial charge in [0, 0.05) is 19.7 Å². The molecule has 0 aliphatic carbocycles. The minimum Gasteiger partial charge on any atom is -0.444 e. The number of rotatable bonds is 5. The molecule has 2 atom stereocenters. The van der Waals surface area contributed by atoms with Crippen LogP contribution in [0.5, 0.6) is 0 Å². The lowest BCUT2D eigenvalue weighted by Crippen LogP contribution is -2.45. The zero-order valence-corrected chi connectivity index (χ0v) is 14.3. The first-order chi connectivity index (χ1) is 10.9. The molecule has 5 heteroatoms. The molecule has 1 amide bonds. The number of ether oxygens (including phenoxy) is 1. The van der Waals surface area contributed by atoms with Gasteiger partial charge in [-0.15, -0.1) is 0 Å². The fraction of sp³-hybridized carbons (Fsp3) is 0.611. The Kier molecular flexibility index (Phi) is 6.02. The Morgan fingerprint density at radius 3 is 2.65 bits per heavy atom. The van der Waals surface area contributed by atoms with Crippen LogP contribution in [0.25, 0.3) is 0 Å². The SMILES string of the molecule is CC(C)(C)OC(=O)NC1CC(CCO)CN1Cc1ccccc1. The summed E-state index contributed by atoms with van der Waals surface area (Å²) in [6, 6.07) is 10.2. The topological polar surface area (TPSA) is 61.8 Å². The predicted octanol–water partition coefficient (Wildman–Crippen LogP) is 2.74. The van der Waals surface area contributed by atoms with E-state index in [4.69, 9.17) is 4.74 Å². The molecular weight excluding hydrogens is 292 g/mol. The highest BCUT2D eigenvalue weighted by Crippen LogP contribution is 2.26. The van der Waals surface area contributed by atoms with E-state index in [9.17, 15) is 9.90 Å². The molecule has 1 aliphatic heterocycles. The highest BCUT2D eigenvalue weighted by Gasteiger charge is 2.33. The fourth-order valence-corrected chi connectivity index (χ4v) is 2.98. The predicted molar refractivity (Wildman–Crippen MR) is 89.8 cm³/mol. The molecule has 0 saturated carbocycles. The minimum absolute atomic E-state index is 0.0541. The van der Waals surface area contributed by atoms with Crippen LogP contribution in [0.1, 0.15) is 39.2 Å². The molecule has 2 rings (SSSR count). The summed E-state index contributed by atoms with van der Waals surface area (Å²) in [4.78, 5) is 14.3. The Labute approximate surface area is 138 Å². The molecule has 1 aromatic carbocycles. The van der Waals surface area contributed by atoms with Crippen LogP contribution in [0.2, 0.25) is 0 Å². The molecule has 0 spiro atoms. The Morgan fingerprint density at radius 1 is 1.35 bits per heavy atom. The van der Waals surface area contributed by atoms with Crippen molar-refractivity contribution in [2.45, 2.75) is 51.9 Å². The molecule has 5 nitrogen and oxygen atoms in total. The van der Waals surface area contributed by atoms with Crippen LogP contribution in [-0.2, 0) is 11.3 Å². The van der Waals surface area contributed by atoms with Crippen molar-refractivity contribution in [3.8, 4) is 0 Å². The van der Waals surface area contributed by atoms with Crippen molar-refractivity contribution >= 4 is 6.09 Å². The van der Waals surface area contributed by atoms with Gasteiger partial charge in [-0.3, -0.25) is 4.90 Å². The standard InChI is InChI=1S/C18H28N2O3/c1-18(2,3)23-17(22)19-16-11-15(9-10-21)13-20(16)12-14-7-5-4-6-8-14/h4-8,15-16,21H,9-13H2,1-3H3,(H,19,22). The Bertz CT molecular complexity index is 499. The summed E-state index contributed by atoms with van der Waals surface area (Å²) in [6.07, 6.45) is 1.16. The molecular formula is C18H28N2O3. The first-order valence-electron chi connectivity index (χ1n) is 8.26. The van der Waals surface area contributed by atoms with Crippen molar-refractivity contribution in [1.82, 2.24) is 10.2 Å². The average Bonchev–Trinajstić information content (AvgIpc) is 2.80. The number of nitrogens with zero attached hydrogens (tertiary/aromatic N) is 1. The molecule has 1 fully saturated rings. The monoisotopic (exact) mass is 320 g/mol. The summed E-state index contributed by atoms with van der Waals surface area (Å²) in [7, 11) is 0. The van der Waals surface area contributed by atoms with E-state index in [-0.39, 0.29) is 18.9 Å².